The Labute approximate surface area is 80.2 Å². The SMILES string of the molecule is Cc1ccc(-c2[nH]c(=O)[nH]c2O)cc1. The minimum absolute atomic E-state index is 0.126. The fourth-order valence-corrected chi connectivity index (χ4v) is 1.30. The number of H-pyrrole nitrogens is 2. The van der Waals surface area contributed by atoms with Crippen molar-refractivity contribution in [3.63, 3.8) is 0 Å². The normalized spacial score (nSPS) is 10.4. The molecule has 0 aliphatic rings. The van der Waals surface area contributed by atoms with E-state index >= 15 is 0 Å². The first-order chi connectivity index (χ1) is 6.66. The molecule has 0 amide bonds. The van der Waals surface area contributed by atoms with E-state index in [1.54, 1.807) is 0 Å². The van der Waals surface area contributed by atoms with Crippen LogP contribution in [0.1, 0.15) is 5.56 Å². The van der Waals surface area contributed by atoms with Gasteiger partial charge in [0, 0.05) is 5.56 Å². The maximum atomic E-state index is 10.9. The van der Waals surface area contributed by atoms with Gasteiger partial charge in [0.05, 0.1) is 0 Å². The van der Waals surface area contributed by atoms with E-state index in [0.717, 1.165) is 11.1 Å². The average molecular weight is 190 g/mol. The first-order valence-corrected chi connectivity index (χ1v) is 4.25. The molecule has 0 aliphatic carbocycles. The minimum atomic E-state index is -0.405. The maximum Gasteiger partial charge on any atom is 0.326 e. The van der Waals surface area contributed by atoms with Crippen LogP contribution < -0.4 is 5.69 Å². The van der Waals surface area contributed by atoms with E-state index in [-0.39, 0.29) is 5.88 Å². The van der Waals surface area contributed by atoms with Gasteiger partial charge in [-0.2, -0.15) is 0 Å². The third kappa shape index (κ3) is 1.42. The summed E-state index contributed by atoms with van der Waals surface area (Å²) >= 11 is 0. The van der Waals surface area contributed by atoms with Crippen molar-refractivity contribution in [2.24, 2.45) is 0 Å². The summed E-state index contributed by atoms with van der Waals surface area (Å²) in [4.78, 5) is 15.7. The lowest BCUT2D eigenvalue weighted by Crippen LogP contribution is -1.99. The molecule has 4 heteroatoms. The zero-order chi connectivity index (χ0) is 10.1. The van der Waals surface area contributed by atoms with Crippen LogP contribution in [0.5, 0.6) is 5.88 Å². The summed E-state index contributed by atoms with van der Waals surface area (Å²) in [5, 5.41) is 9.37. The van der Waals surface area contributed by atoms with Crippen LogP contribution in [0.3, 0.4) is 0 Å². The van der Waals surface area contributed by atoms with Crippen LogP contribution in [0.25, 0.3) is 11.3 Å². The molecule has 0 spiro atoms. The number of rotatable bonds is 1. The first-order valence-electron chi connectivity index (χ1n) is 4.25. The third-order valence-corrected chi connectivity index (χ3v) is 2.05. The predicted molar refractivity (Wildman–Crippen MR) is 53.3 cm³/mol. The van der Waals surface area contributed by atoms with Crippen molar-refractivity contribution < 1.29 is 5.11 Å². The second-order valence-electron chi connectivity index (χ2n) is 3.17. The van der Waals surface area contributed by atoms with E-state index in [1.165, 1.54) is 0 Å². The Hall–Kier alpha value is -1.97. The highest BCUT2D eigenvalue weighted by molar-refractivity contribution is 5.64. The number of aromatic amines is 2. The van der Waals surface area contributed by atoms with Crippen molar-refractivity contribution >= 4 is 0 Å². The molecular weight excluding hydrogens is 180 g/mol. The molecule has 0 radical (unpaired) electrons. The van der Waals surface area contributed by atoms with Gasteiger partial charge in [-0.3, -0.25) is 4.98 Å². The van der Waals surface area contributed by atoms with Crippen LogP contribution >= 0.6 is 0 Å². The number of hydrogen-bond acceptors (Lipinski definition) is 2. The summed E-state index contributed by atoms with van der Waals surface area (Å²) in [6.45, 7) is 1.98. The van der Waals surface area contributed by atoms with Gasteiger partial charge >= 0.3 is 5.69 Å². The Morgan fingerprint density at radius 3 is 2.29 bits per heavy atom. The molecule has 4 nitrogen and oxygen atoms in total. The van der Waals surface area contributed by atoms with Crippen LogP contribution in [0.4, 0.5) is 0 Å². The smallest absolute Gasteiger partial charge is 0.326 e. The molecule has 72 valence electrons. The first kappa shape index (κ1) is 8.62. The molecule has 0 aliphatic heterocycles. The van der Waals surface area contributed by atoms with E-state index in [1.807, 2.05) is 31.2 Å². The monoisotopic (exact) mass is 190 g/mol. The molecule has 1 aromatic heterocycles. The summed E-state index contributed by atoms with van der Waals surface area (Å²) in [6.07, 6.45) is 0. The lowest BCUT2D eigenvalue weighted by Gasteiger charge is -1.98. The van der Waals surface area contributed by atoms with E-state index in [2.05, 4.69) is 9.97 Å². The minimum Gasteiger partial charge on any atom is -0.493 e. The number of hydrogen-bond donors (Lipinski definition) is 3. The number of benzene rings is 1. The summed E-state index contributed by atoms with van der Waals surface area (Å²) in [5.41, 5.74) is 1.94. The third-order valence-electron chi connectivity index (χ3n) is 2.05. The molecule has 2 aromatic rings. The Morgan fingerprint density at radius 1 is 1.14 bits per heavy atom. The van der Waals surface area contributed by atoms with Crippen molar-refractivity contribution in [1.82, 2.24) is 9.97 Å². The van der Waals surface area contributed by atoms with Crippen LogP contribution in [-0.4, -0.2) is 15.1 Å². The second kappa shape index (κ2) is 3.06. The van der Waals surface area contributed by atoms with Gasteiger partial charge in [-0.05, 0) is 6.92 Å². The highest BCUT2D eigenvalue weighted by atomic mass is 16.3. The summed E-state index contributed by atoms with van der Waals surface area (Å²) in [7, 11) is 0. The van der Waals surface area contributed by atoms with Gasteiger partial charge in [0.25, 0.3) is 0 Å². The molecule has 0 saturated carbocycles. The lowest BCUT2D eigenvalue weighted by molar-refractivity contribution is 0.457. The molecule has 0 bridgehead atoms. The van der Waals surface area contributed by atoms with Crippen molar-refractivity contribution in [3.05, 3.63) is 40.3 Å². The number of aryl methyl sites for hydroxylation is 1. The fraction of sp³-hybridized carbons (Fsp3) is 0.100. The van der Waals surface area contributed by atoms with Gasteiger partial charge in [0.1, 0.15) is 5.69 Å². The molecule has 2 rings (SSSR count). The molecule has 14 heavy (non-hydrogen) atoms. The van der Waals surface area contributed by atoms with Gasteiger partial charge in [0.2, 0.25) is 5.88 Å². The van der Waals surface area contributed by atoms with Crippen LogP contribution in [-0.2, 0) is 0 Å². The standard InChI is InChI=1S/C10H10N2O2/c1-6-2-4-7(5-3-6)8-9(13)12-10(14)11-8/h2-5,13H,1H3,(H2,11,12,14). The van der Waals surface area contributed by atoms with Gasteiger partial charge < -0.3 is 10.1 Å². The molecule has 0 saturated heterocycles. The van der Waals surface area contributed by atoms with Gasteiger partial charge in [-0.15, -0.1) is 0 Å². The Balaban J connectivity index is 2.54. The molecule has 1 aromatic carbocycles. The topological polar surface area (TPSA) is 68.9 Å². The van der Waals surface area contributed by atoms with Gasteiger partial charge in [-0.1, -0.05) is 29.8 Å². The van der Waals surface area contributed by atoms with Crippen molar-refractivity contribution in [2.75, 3.05) is 0 Å². The van der Waals surface area contributed by atoms with Crippen molar-refractivity contribution in [3.8, 4) is 17.1 Å². The zero-order valence-electron chi connectivity index (χ0n) is 7.66. The Morgan fingerprint density at radius 2 is 1.79 bits per heavy atom. The van der Waals surface area contributed by atoms with Crippen molar-refractivity contribution in [2.45, 2.75) is 6.92 Å². The predicted octanol–water partition coefficient (Wildman–Crippen LogP) is 1.38. The highest BCUT2D eigenvalue weighted by Crippen LogP contribution is 2.23. The molecular formula is C10H10N2O2. The summed E-state index contributed by atoms with van der Waals surface area (Å²) in [5.74, 6) is -0.126. The maximum absolute atomic E-state index is 10.9. The van der Waals surface area contributed by atoms with Gasteiger partial charge in [-0.25, -0.2) is 4.79 Å². The molecule has 0 unspecified atom stereocenters. The highest BCUT2D eigenvalue weighted by Gasteiger charge is 2.06. The number of aromatic nitrogens is 2. The average Bonchev–Trinajstić information content (AvgIpc) is 2.47. The zero-order valence-corrected chi connectivity index (χ0v) is 7.66. The summed E-state index contributed by atoms with van der Waals surface area (Å²) in [6, 6.07) is 7.52. The molecule has 3 N–H and O–H groups in total. The van der Waals surface area contributed by atoms with Crippen molar-refractivity contribution in [1.29, 1.82) is 0 Å². The van der Waals surface area contributed by atoms with E-state index < -0.39 is 5.69 Å². The Kier molecular flexibility index (Phi) is 1.89. The Bertz CT molecular complexity index is 494. The van der Waals surface area contributed by atoms with E-state index in [4.69, 9.17) is 0 Å². The quantitative estimate of drug-likeness (QED) is 0.635. The fourth-order valence-electron chi connectivity index (χ4n) is 1.30. The second-order valence-corrected chi connectivity index (χ2v) is 3.17. The molecule has 0 atom stereocenters. The summed E-state index contributed by atoms with van der Waals surface area (Å²) < 4.78 is 0. The molecule has 0 fully saturated rings. The van der Waals surface area contributed by atoms with Crippen LogP contribution in [0.15, 0.2) is 29.1 Å². The number of aromatic hydroxyl groups is 1. The van der Waals surface area contributed by atoms with Crippen LogP contribution in [0.2, 0.25) is 0 Å². The number of nitrogens with one attached hydrogen (secondary N) is 2. The van der Waals surface area contributed by atoms with E-state index in [9.17, 15) is 9.90 Å². The largest absolute Gasteiger partial charge is 0.493 e. The van der Waals surface area contributed by atoms with Crippen LogP contribution in [0, 0.1) is 6.92 Å². The van der Waals surface area contributed by atoms with E-state index in [0.29, 0.717) is 5.69 Å². The van der Waals surface area contributed by atoms with Gasteiger partial charge in [0.15, 0.2) is 0 Å². The number of imidazole rings is 1. The molecule has 1 heterocycles. The lowest BCUT2D eigenvalue weighted by atomic mass is 10.1.